The predicted molar refractivity (Wildman–Crippen MR) is 58.3 cm³/mol. The molecule has 2 rings (SSSR count). The molecule has 1 aromatic carbocycles. The number of hydrogen-bond acceptors (Lipinski definition) is 1. The van der Waals surface area contributed by atoms with Crippen molar-refractivity contribution in [3.8, 4) is 0 Å². The second-order valence-electron chi connectivity index (χ2n) is 5.32. The summed E-state index contributed by atoms with van der Waals surface area (Å²) in [5.41, 5.74) is 2.73. The molecule has 0 aromatic heterocycles. The SMILES string of the molecule is CC(C)(C)C(O)C1Cc2ccccc21. The number of aliphatic hydroxyl groups excluding tert-OH is 1. The summed E-state index contributed by atoms with van der Waals surface area (Å²) in [4.78, 5) is 0. The maximum absolute atomic E-state index is 10.2. The first-order valence-electron chi connectivity index (χ1n) is 5.26. The smallest absolute Gasteiger partial charge is 0.0660 e. The molecule has 1 nitrogen and oxygen atoms in total. The molecule has 0 radical (unpaired) electrons. The van der Waals surface area contributed by atoms with E-state index in [2.05, 4.69) is 45.0 Å². The van der Waals surface area contributed by atoms with Crippen LogP contribution in [0, 0.1) is 5.41 Å². The molecule has 14 heavy (non-hydrogen) atoms. The summed E-state index contributed by atoms with van der Waals surface area (Å²) in [7, 11) is 0. The fourth-order valence-corrected chi connectivity index (χ4v) is 2.18. The number of aliphatic hydroxyl groups is 1. The summed E-state index contributed by atoms with van der Waals surface area (Å²) in [5, 5.41) is 10.2. The Balaban J connectivity index is 2.20. The molecule has 1 N–H and O–H groups in total. The molecule has 1 aliphatic rings. The molecular formula is C13H18O. The first kappa shape index (κ1) is 9.72. The number of benzene rings is 1. The summed E-state index contributed by atoms with van der Waals surface area (Å²) >= 11 is 0. The van der Waals surface area contributed by atoms with Crippen LogP contribution >= 0.6 is 0 Å². The lowest BCUT2D eigenvalue weighted by Gasteiger charge is -2.40. The van der Waals surface area contributed by atoms with Gasteiger partial charge in [-0.15, -0.1) is 0 Å². The second kappa shape index (κ2) is 3.09. The zero-order valence-corrected chi connectivity index (χ0v) is 9.12. The van der Waals surface area contributed by atoms with Crippen LogP contribution < -0.4 is 0 Å². The van der Waals surface area contributed by atoms with E-state index >= 15 is 0 Å². The number of rotatable bonds is 1. The second-order valence-corrected chi connectivity index (χ2v) is 5.32. The Morgan fingerprint density at radius 1 is 1.29 bits per heavy atom. The van der Waals surface area contributed by atoms with Gasteiger partial charge in [-0.1, -0.05) is 45.0 Å². The molecule has 0 spiro atoms. The molecule has 2 atom stereocenters. The van der Waals surface area contributed by atoms with E-state index in [1.165, 1.54) is 11.1 Å². The Bertz CT molecular complexity index is 335. The summed E-state index contributed by atoms with van der Waals surface area (Å²) in [6.07, 6.45) is 0.812. The van der Waals surface area contributed by atoms with Crippen molar-refractivity contribution >= 4 is 0 Å². The van der Waals surface area contributed by atoms with E-state index in [0.29, 0.717) is 5.92 Å². The van der Waals surface area contributed by atoms with E-state index in [0.717, 1.165) is 6.42 Å². The van der Waals surface area contributed by atoms with Crippen LogP contribution in [-0.4, -0.2) is 11.2 Å². The van der Waals surface area contributed by atoms with Crippen molar-refractivity contribution in [2.24, 2.45) is 5.41 Å². The fourth-order valence-electron chi connectivity index (χ4n) is 2.18. The Kier molecular flexibility index (Phi) is 2.15. The van der Waals surface area contributed by atoms with Gasteiger partial charge in [0, 0.05) is 5.92 Å². The van der Waals surface area contributed by atoms with Crippen molar-refractivity contribution in [2.75, 3.05) is 0 Å². The van der Waals surface area contributed by atoms with Crippen LogP contribution in [0.25, 0.3) is 0 Å². The Labute approximate surface area is 85.8 Å². The van der Waals surface area contributed by atoms with Crippen LogP contribution in [0.4, 0.5) is 0 Å². The molecular weight excluding hydrogens is 172 g/mol. The van der Waals surface area contributed by atoms with Gasteiger partial charge in [-0.2, -0.15) is 0 Å². The van der Waals surface area contributed by atoms with Crippen molar-refractivity contribution in [3.63, 3.8) is 0 Å². The number of fused-ring (bicyclic) bond motifs is 1. The molecule has 1 aliphatic carbocycles. The minimum atomic E-state index is -0.225. The third-order valence-corrected chi connectivity index (χ3v) is 3.16. The maximum atomic E-state index is 10.2. The Hall–Kier alpha value is -0.820. The van der Waals surface area contributed by atoms with Gasteiger partial charge in [-0.25, -0.2) is 0 Å². The third-order valence-electron chi connectivity index (χ3n) is 3.16. The van der Waals surface area contributed by atoms with Crippen molar-refractivity contribution in [2.45, 2.75) is 39.2 Å². The Morgan fingerprint density at radius 2 is 1.93 bits per heavy atom. The standard InChI is InChI=1S/C13H18O/c1-13(2,3)12(14)11-8-9-6-4-5-7-10(9)11/h4-7,11-12,14H,8H2,1-3H3. The highest BCUT2D eigenvalue weighted by Gasteiger charge is 2.37. The minimum absolute atomic E-state index is 0.0157. The van der Waals surface area contributed by atoms with Crippen molar-refractivity contribution in [1.82, 2.24) is 0 Å². The first-order chi connectivity index (χ1) is 6.50. The summed E-state index contributed by atoms with van der Waals surface area (Å²) in [6.45, 7) is 6.29. The molecule has 0 saturated heterocycles. The molecule has 1 aromatic rings. The monoisotopic (exact) mass is 190 g/mol. The van der Waals surface area contributed by atoms with Gasteiger partial charge >= 0.3 is 0 Å². The Morgan fingerprint density at radius 3 is 2.50 bits per heavy atom. The molecule has 0 fully saturated rings. The van der Waals surface area contributed by atoms with E-state index in [1.807, 2.05) is 0 Å². The molecule has 2 unspecified atom stereocenters. The van der Waals surface area contributed by atoms with Gasteiger partial charge in [0.05, 0.1) is 6.10 Å². The zero-order chi connectivity index (χ0) is 10.3. The lowest BCUT2D eigenvalue weighted by Crippen LogP contribution is -2.38. The lowest BCUT2D eigenvalue weighted by atomic mass is 9.68. The fraction of sp³-hybridized carbons (Fsp3) is 0.538. The van der Waals surface area contributed by atoms with E-state index < -0.39 is 0 Å². The lowest BCUT2D eigenvalue weighted by molar-refractivity contribution is 0.0319. The topological polar surface area (TPSA) is 20.2 Å². The van der Waals surface area contributed by atoms with Crippen LogP contribution in [0.15, 0.2) is 24.3 Å². The zero-order valence-electron chi connectivity index (χ0n) is 9.12. The predicted octanol–water partition coefficient (Wildman–Crippen LogP) is 2.73. The molecule has 1 heteroatoms. The summed E-state index contributed by atoms with van der Waals surface area (Å²) in [6, 6.07) is 8.42. The van der Waals surface area contributed by atoms with Crippen LogP contribution in [0.5, 0.6) is 0 Å². The van der Waals surface area contributed by atoms with Gasteiger partial charge in [0.1, 0.15) is 0 Å². The van der Waals surface area contributed by atoms with Gasteiger partial charge in [-0.05, 0) is 23.0 Å². The average Bonchev–Trinajstić information content (AvgIpc) is 2.05. The molecule has 0 bridgehead atoms. The molecule has 76 valence electrons. The van der Waals surface area contributed by atoms with Crippen molar-refractivity contribution in [3.05, 3.63) is 35.4 Å². The highest BCUT2D eigenvalue weighted by Crippen LogP contribution is 2.42. The van der Waals surface area contributed by atoms with Gasteiger partial charge in [-0.3, -0.25) is 0 Å². The van der Waals surface area contributed by atoms with Gasteiger partial charge in [0.25, 0.3) is 0 Å². The van der Waals surface area contributed by atoms with Crippen LogP contribution in [0.2, 0.25) is 0 Å². The van der Waals surface area contributed by atoms with Crippen molar-refractivity contribution in [1.29, 1.82) is 0 Å². The molecule has 0 aliphatic heterocycles. The van der Waals surface area contributed by atoms with E-state index in [-0.39, 0.29) is 11.5 Å². The molecule has 0 heterocycles. The quantitative estimate of drug-likeness (QED) is 0.722. The molecule has 0 amide bonds. The normalized spacial score (nSPS) is 22.4. The highest BCUT2D eigenvalue weighted by molar-refractivity contribution is 5.41. The van der Waals surface area contributed by atoms with E-state index in [9.17, 15) is 5.11 Å². The van der Waals surface area contributed by atoms with Crippen LogP contribution in [0.1, 0.15) is 37.8 Å². The van der Waals surface area contributed by atoms with Gasteiger partial charge in [0.2, 0.25) is 0 Å². The van der Waals surface area contributed by atoms with Gasteiger partial charge in [0.15, 0.2) is 0 Å². The van der Waals surface area contributed by atoms with Crippen LogP contribution in [-0.2, 0) is 6.42 Å². The summed E-state index contributed by atoms with van der Waals surface area (Å²) < 4.78 is 0. The third kappa shape index (κ3) is 1.46. The van der Waals surface area contributed by atoms with Crippen LogP contribution in [0.3, 0.4) is 0 Å². The largest absolute Gasteiger partial charge is 0.392 e. The van der Waals surface area contributed by atoms with E-state index in [1.54, 1.807) is 0 Å². The van der Waals surface area contributed by atoms with Gasteiger partial charge < -0.3 is 5.11 Å². The minimum Gasteiger partial charge on any atom is -0.392 e. The van der Waals surface area contributed by atoms with E-state index in [4.69, 9.17) is 0 Å². The first-order valence-corrected chi connectivity index (χ1v) is 5.26. The maximum Gasteiger partial charge on any atom is 0.0660 e. The van der Waals surface area contributed by atoms with Crippen molar-refractivity contribution < 1.29 is 5.11 Å². The highest BCUT2D eigenvalue weighted by atomic mass is 16.3. The number of hydrogen-bond donors (Lipinski definition) is 1. The average molecular weight is 190 g/mol. The molecule has 0 saturated carbocycles. The summed E-state index contributed by atoms with van der Waals surface area (Å²) in [5.74, 6) is 0.353.